The highest BCUT2D eigenvalue weighted by atomic mass is 35.5. The van der Waals surface area contributed by atoms with E-state index in [4.69, 9.17) is 23.2 Å². The number of nitrogens with one attached hydrogen (secondary N) is 1. The summed E-state index contributed by atoms with van der Waals surface area (Å²) in [4.78, 5) is 27.9. The van der Waals surface area contributed by atoms with Gasteiger partial charge in [0.25, 0.3) is 0 Å². The summed E-state index contributed by atoms with van der Waals surface area (Å²) < 4.78 is 26.6. The van der Waals surface area contributed by atoms with Crippen molar-refractivity contribution in [1.29, 1.82) is 0 Å². The lowest BCUT2D eigenvalue weighted by molar-refractivity contribution is -0.139. The smallest absolute Gasteiger partial charge is 0.244 e. The minimum Gasteiger partial charge on any atom is -0.352 e. The van der Waals surface area contributed by atoms with Gasteiger partial charge in [-0.3, -0.25) is 13.9 Å². The molecular weight excluding hydrogens is 509 g/mol. The second-order valence-corrected chi connectivity index (χ2v) is 11.3. The zero-order valence-corrected chi connectivity index (χ0v) is 23.0. The molecule has 1 N–H and O–H groups in total. The number of carbonyl (C=O) groups is 2. The first-order chi connectivity index (χ1) is 16.4. The van der Waals surface area contributed by atoms with Gasteiger partial charge < -0.3 is 10.2 Å². The number of anilines is 1. The van der Waals surface area contributed by atoms with E-state index >= 15 is 0 Å². The fraction of sp³-hybridized carbons (Fsp3) is 0.440. The standard InChI is InChI=1S/C25H33Cl2N3O4S/c1-6-17(3)28-25(32)18(4)29(15-20-12-13-21(26)14-22(20)27)24(31)16-30(35(5,33)34)23-11-9-8-10-19(23)7-2/h8-14,17-18H,6-7,15-16H2,1-5H3,(H,28,32)/t17-,18+/m1/s1. The van der Waals surface area contributed by atoms with Gasteiger partial charge in [0.15, 0.2) is 0 Å². The van der Waals surface area contributed by atoms with Gasteiger partial charge in [-0.15, -0.1) is 0 Å². The normalized spacial score (nSPS) is 13.1. The fourth-order valence-electron chi connectivity index (χ4n) is 3.53. The summed E-state index contributed by atoms with van der Waals surface area (Å²) in [6.45, 7) is 6.90. The topological polar surface area (TPSA) is 86.8 Å². The number of hydrogen-bond donors (Lipinski definition) is 1. The van der Waals surface area contributed by atoms with Crippen LogP contribution in [0.2, 0.25) is 10.0 Å². The Hall–Kier alpha value is -2.29. The van der Waals surface area contributed by atoms with Crippen molar-refractivity contribution in [3.63, 3.8) is 0 Å². The number of rotatable bonds is 11. The predicted molar refractivity (Wildman–Crippen MR) is 142 cm³/mol. The Labute approximate surface area is 218 Å². The molecule has 2 aromatic rings. The molecule has 0 heterocycles. The molecule has 0 aliphatic heterocycles. The number of carbonyl (C=O) groups excluding carboxylic acids is 2. The number of para-hydroxylation sites is 1. The van der Waals surface area contributed by atoms with Crippen molar-refractivity contribution >= 4 is 50.7 Å². The maximum absolute atomic E-state index is 13.6. The molecule has 2 rings (SSSR count). The third kappa shape index (κ3) is 7.85. The second kappa shape index (κ2) is 12.6. The van der Waals surface area contributed by atoms with Crippen molar-refractivity contribution in [2.45, 2.75) is 59.2 Å². The molecule has 0 saturated heterocycles. The minimum atomic E-state index is -3.79. The molecule has 0 unspecified atom stereocenters. The first kappa shape index (κ1) is 28.9. The molecule has 0 saturated carbocycles. The van der Waals surface area contributed by atoms with Crippen LogP contribution in [0.4, 0.5) is 5.69 Å². The molecule has 0 spiro atoms. The lowest BCUT2D eigenvalue weighted by Gasteiger charge is -2.32. The van der Waals surface area contributed by atoms with Gasteiger partial charge in [0, 0.05) is 22.6 Å². The van der Waals surface area contributed by atoms with Crippen LogP contribution >= 0.6 is 23.2 Å². The molecule has 0 aromatic heterocycles. The van der Waals surface area contributed by atoms with Crippen molar-refractivity contribution < 1.29 is 18.0 Å². The Morgan fingerprint density at radius 3 is 2.26 bits per heavy atom. The van der Waals surface area contributed by atoms with E-state index in [2.05, 4.69) is 5.32 Å². The summed E-state index contributed by atoms with van der Waals surface area (Å²) in [6.07, 6.45) is 2.38. The highest BCUT2D eigenvalue weighted by Crippen LogP contribution is 2.26. The summed E-state index contributed by atoms with van der Waals surface area (Å²) >= 11 is 12.4. The van der Waals surface area contributed by atoms with Crippen molar-refractivity contribution in [2.75, 3.05) is 17.1 Å². The van der Waals surface area contributed by atoms with E-state index in [9.17, 15) is 18.0 Å². The molecule has 35 heavy (non-hydrogen) atoms. The minimum absolute atomic E-state index is 0.0109. The average Bonchev–Trinajstić information content (AvgIpc) is 2.80. The Kier molecular flexibility index (Phi) is 10.4. The van der Waals surface area contributed by atoms with E-state index in [0.717, 1.165) is 22.5 Å². The van der Waals surface area contributed by atoms with E-state index in [1.165, 1.54) is 4.90 Å². The van der Waals surface area contributed by atoms with E-state index < -0.39 is 28.5 Å². The quantitative estimate of drug-likeness (QED) is 0.448. The van der Waals surface area contributed by atoms with Gasteiger partial charge in [-0.1, -0.05) is 61.3 Å². The van der Waals surface area contributed by atoms with Crippen LogP contribution in [0, 0.1) is 0 Å². The van der Waals surface area contributed by atoms with Crippen molar-refractivity contribution in [3.05, 3.63) is 63.6 Å². The Morgan fingerprint density at radius 1 is 1.03 bits per heavy atom. The van der Waals surface area contributed by atoms with Crippen molar-refractivity contribution in [1.82, 2.24) is 10.2 Å². The summed E-state index contributed by atoms with van der Waals surface area (Å²) in [5.74, 6) is -0.864. The maximum Gasteiger partial charge on any atom is 0.244 e. The van der Waals surface area contributed by atoms with Gasteiger partial charge >= 0.3 is 0 Å². The zero-order chi connectivity index (χ0) is 26.3. The van der Waals surface area contributed by atoms with E-state index in [0.29, 0.717) is 27.7 Å². The Morgan fingerprint density at radius 2 is 1.69 bits per heavy atom. The summed E-state index contributed by atoms with van der Waals surface area (Å²) in [7, 11) is -3.79. The van der Waals surface area contributed by atoms with Crippen LogP contribution in [0.15, 0.2) is 42.5 Å². The molecule has 0 aliphatic rings. The molecule has 2 aromatic carbocycles. The van der Waals surface area contributed by atoms with Gasteiger partial charge in [0.1, 0.15) is 12.6 Å². The van der Waals surface area contributed by atoms with Gasteiger partial charge in [-0.2, -0.15) is 0 Å². The van der Waals surface area contributed by atoms with Crippen LogP contribution in [0.1, 0.15) is 45.2 Å². The first-order valence-electron chi connectivity index (χ1n) is 11.5. The Bertz CT molecular complexity index is 1160. The third-order valence-corrected chi connectivity index (χ3v) is 7.56. The van der Waals surface area contributed by atoms with Gasteiger partial charge in [-0.25, -0.2) is 8.42 Å². The summed E-state index contributed by atoms with van der Waals surface area (Å²) in [5, 5.41) is 3.68. The van der Waals surface area contributed by atoms with Crippen LogP contribution in [-0.2, 0) is 32.6 Å². The number of sulfonamides is 1. The highest BCUT2D eigenvalue weighted by Gasteiger charge is 2.31. The van der Waals surface area contributed by atoms with Crippen LogP contribution in [0.25, 0.3) is 0 Å². The number of benzene rings is 2. The zero-order valence-electron chi connectivity index (χ0n) is 20.7. The van der Waals surface area contributed by atoms with E-state index in [-0.39, 0.29) is 18.5 Å². The van der Waals surface area contributed by atoms with E-state index in [1.54, 1.807) is 37.3 Å². The second-order valence-electron chi connectivity index (χ2n) is 8.50. The molecule has 7 nitrogen and oxygen atoms in total. The fourth-order valence-corrected chi connectivity index (χ4v) is 4.88. The number of amides is 2. The van der Waals surface area contributed by atoms with Crippen molar-refractivity contribution in [2.24, 2.45) is 0 Å². The number of halogens is 2. The summed E-state index contributed by atoms with van der Waals surface area (Å²) in [6, 6.07) is 11.0. The molecule has 2 atom stereocenters. The predicted octanol–water partition coefficient (Wildman–Crippen LogP) is 4.65. The SMILES string of the molecule is CCc1ccccc1N(CC(=O)N(Cc1ccc(Cl)cc1Cl)[C@@H](C)C(=O)N[C@H](C)CC)S(C)(=O)=O. The lowest BCUT2D eigenvalue weighted by atomic mass is 10.1. The molecule has 0 bridgehead atoms. The summed E-state index contributed by atoms with van der Waals surface area (Å²) in [5.41, 5.74) is 1.82. The number of aryl methyl sites for hydroxylation is 1. The van der Waals surface area contributed by atoms with Crippen LogP contribution in [-0.4, -0.2) is 50.0 Å². The van der Waals surface area contributed by atoms with E-state index in [1.807, 2.05) is 32.9 Å². The molecular formula is C25H33Cl2N3O4S. The molecule has 0 aliphatic carbocycles. The largest absolute Gasteiger partial charge is 0.352 e. The van der Waals surface area contributed by atoms with Crippen LogP contribution < -0.4 is 9.62 Å². The van der Waals surface area contributed by atoms with Gasteiger partial charge in [0.05, 0.1) is 11.9 Å². The third-order valence-electron chi connectivity index (χ3n) is 5.84. The number of hydrogen-bond acceptors (Lipinski definition) is 4. The van der Waals surface area contributed by atoms with Gasteiger partial charge in [0.2, 0.25) is 21.8 Å². The average molecular weight is 543 g/mol. The first-order valence-corrected chi connectivity index (χ1v) is 14.1. The molecule has 0 fully saturated rings. The highest BCUT2D eigenvalue weighted by molar-refractivity contribution is 7.92. The monoisotopic (exact) mass is 541 g/mol. The molecule has 10 heteroatoms. The molecule has 192 valence electrons. The number of nitrogens with zero attached hydrogens (tertiary/aromatic N) is 2. The molecule has 2 amide bonds. The lowest BCUT2D eigenvalue weighted by Crippen LogP contribution is -2.52. The van der Waals surface area contributed by atoms with Gasteiger partial charge in [-0.05, 0) is 56.0 Å². The maximum atomic E-state index is 13.6. The van der Waals surface area contributed by atoms with Crippen LogP contribution in [0.5, 0.6) is 0 Å². The molecule has 0 radical (unpaired) electrons. The Balaban J connectivity index is 2.46. The van der Waals surface area contributed by atoms with Crippen molar-refractivity contribution in [3.8, 4) is 0 Å². The van der Waals surface area contributed by atoms with Crippen LogP contribution in [0.3, 0.4) is 0 Å².